The van der Waals surface area contributed by atoms with E-state index in [1.165, 1.54) is 16.7 Å². The first kappa shape index (κ1) is 12.4. The molecule has 0 aromatic heterocycles. The molecular weight excluding hydrogens is 232 g/mol. The lowest BCUT2D eigenvalue weighted by Gasteiger charge is -2.19. The molecule has 1 aliphatic carbocycles. The van der Waals surface area contributed by atoms with Gasteiger partial charge in [0.25, 0.3) is 0 Å². The summed E-state index contributed by atoms with van der Waals surface area (Å²) >= 11 is 0. The fraction of sp³-hybridized carbons (Fsp3) is 0.333. The Morgan fingerprint density at radius 1 is 1.05 bits per heavy atom. The lowest BCUT2D eigenvalue weighted by atomic mass is 10.1. The highest BCUT2D eigenvalue weighted by atomic mass is 16.5. The minimum atomic E-state index is 0.263. The van der Waals surface area contributed by atoms with E-state index in [4.69, 9.17) is 4.74 Å². The molecule has 2 unspecified atom stereocenters. The van der Waals surface area contributed by atoms with E-state index in [1.54, 1.807) is 0 Å². The molecule has 0 aliphatic heterocycles. The maximum absolute atomic E-state index is 6.24. The highest BCUT2D eigenvalue weighted by Gasteiger charge is 2.24. The fourth-order valence-electron chi connectivity index (χ4n) is 2.93. The molecule has 3 rings (SSSR count). The van der Waals surface area contributed by atoms with Crippen LogP contribution in [-0.4, -0.2) is 6.10 Å². The van der Waals surface area contributed by atoms with Gasteiger partial charge in [-0.05, 0) is 42.9 Å². The predicted molar refractivity (Wildman–Crippen MR) is 78.2 cm³/mol. The third kappa shape index (κ3) is 2.87. The van der Waals surface area contributed by atoms with E-state index >= 15 is 0 Å². The van der Waals surface area contributed by atoms with Crippen molar-refractivity contribution in [2.45, 2.75) is 38.4 Å². The third-order valence-electron chi connectivity index (χ3n) is 3.84. The molecule has 0 heterocycles. The van der Waals surface area contributed by atoms with E-state index in [9.17, 15) is 0 Å². The van der Waals surface area contributed by atoms with Crippen molar-refractivity contribution in [1.82, 2.24) is 0 Å². The highest BCUT2D eigenvalue weighted by Crippen LogP contribution is 2.34. The summed E-state index contributed by atoms with van der Waals surface area (Å²) in [5.41, 5.74) is 4.20. The highest BCUT2D eigenvalue weighted by molar-refractivity contribution is 5.33. The first-order valence-electron chi connectivity index (χ1n) is 7.10. The number of ether oxygens (including phenoxy) is 1. The first-order valence-corrected chi connectivity index (χ1v) is 7.10. The summed E-state index contributed by atoms with van der Waals surface area (Å²) in [6.07, 6.45) is 3.81. The molecule has 2 aromatic carbocycles. The van der Waals surface area contributed by atoms with Crippen molar-refractivity contribution >= 4 is 0 Å². The zero-order valence-electron chi connectivity index (χ0n) is 11.4. The van der Waals surface area contributed by atoms with Gasteiger partial charge in [0.2, 0.25) is 0 Å². The monoisotopic (exact) mass is 252 g/mol. The lowest BCUT2D eigenvalue weighted by molar-refractivity contribution is -0.00179. The smallest absolute Gasteiger partial charge is 0.0834 e. The van der Waals surface area contributed by atoms with Gasteiger partial charge >= 0.3 is 0 Å². The minimum absolute atomic E-state index is 0.263. The summed E-state index contributed by atoms with van der Waals surface area (Å²) in [4.78, 5) is 0. The van der Waals surface area contributed by atoms with Gasteiger partial charge in [0.05, 0.1) is 12.2 Å². The van der Waals surface area contributed by atoms with Gasteiger partial charge in [0.1, 0.15) is 0 Å². The number of benzene rings is 2. The van der Waals surface area contributed by atoms with E-state index in [-0.39, 0.29) is 12.2 Å². The van der Waals surface area contributed by atoms with Crippen molar-refractivity contribution in [3.63, 3.8) is 0 Å². The van der Waals surface area contributed by atoms with Crippen molar-refractivity contribution in [2.75, 3.05) is 0 Å². The summed E-state index contributed by atoms with van der Waals surface area (Å²) in [5, 5.41) is 0. The van der Waals surface area contributed by atoms with Crippen molar-refractivity contribution in [3.8, 4) is 0 Å². The average Bonchev–Trinajstić information content (AvgIpc) is 2.83. The van der Waals surface area contributed by atoms with Crippen LogP contribution in [0.5, 0.6) is 0 Å². The maximum Gasteiger partial charge on any atom is 0.0834 e. The molecule has 0 saturated carbocycles. The van der Waals surface area contributed by atoms with Gasteiger partial charge in [0.15, 0.2) is 0 Å². The Balaban J connectivity index is 1.63. The molecule has 19 heavy (non-hydrogen) atoms. The molecule has 2 atom stereocenters. The van der Waals surface area contributed by atoms with E-state index in [1.807, 2.05) is 0 Å². The number of hydrogen-bond donors (Lipinski definition) is 0. The van der Waals surface area contributed by atoms with Crippen LogP contribution in [0.15, 0.2) is 54.6 Å². The molecule has 0 spiro atoms. The van der Waals surface area contributed by atoms with E-state index in [2.05, 4.69) is 61.5 Å². The predicted octanol–water partition coefficient (Wildman–Crippen LogP) is 4.32. The molecule has 0 fully saturated rings. The third-order valence-corrected chi connectivity index (χ3v) is 3.84. The van der Waals surface area contributed by atoms with Crippen LogP contribution < -0.4 is 0 Å². The summed E-state index contributed by atoms with van der Waals surface area (Å²) in [7, 11) is 0. The van der Waals surface area contributed by atoms with Crippen LogP contribution in [0.2, 0.25) is 0 Å². The zero-order chi connectivity index (χ0) is 13.1. The van der Waals surface area contributed by atoms with Gasteiger partial charge in [-0.25, -0.2) is 0 Å². The second-order valence-corrected chi connectivity index (χ2v) is 5.36. The van der Waals surface area contributed by atoms with Crippen LogP contribution in [0.4, 0.5) is 0 Å². The molecular formula is C18H20O. The Bertz CT molecular complexity index is 532. The summed E-state index contributed by atoms with van der Waals surface area (Å²) < 4.78 is 6.24. The number of rotatable bonds is 4. The average molecular weight is 252 g/mol. The minimum Gasteiger partial charge on any atom is -0.370 e. The Labute approximate surface area is 115 Å². The molecule has 0 bridgehead atoms. The summed E-state index contributed by atoms with van der Waals surface area (Å²) in [6.45, 7) is 2.17. The Hall–Kier alpha value is -1.60. The van der Waals surface area contributed by atoms with Gasteiger partial charge in [-0.3, -0.25) is 0 Å². The van der Waals surface area contributed by atoms with Crippen LogP contribution in [0.25, 0.3) is 0 Å². The fourth-order valence-corrected chi connectivity index (χ4v) is 2.93. The van der Waals surface area contributed by atoms with Crippen LogP contribution in [0.3, 0.4) is 0 Å². The van der Waals surface area contributed by atoms with Gasteiger partial charge in [-0.1, -0.05) is 54.6 Å². The molecule has 0 N–H and O–H groups in total. The SMILES string of the molecule is CC(Cc1ccccc1)OC1CCc2ccccc21. The molecule has 1 nitrogen and oxygen atoms in total. The van der Waals surface area contributed by atoms with E-state index in [0.717, 1.165) is 19.3 Å². The van der Waals surface area contributed by atoms with Crippen LogP contribution >= 0.6 is 0 Å². The Kier molecular flexibility index (Phi) is 3.65. The Morgan fingerprint density at radius 3 is 2.63 bits per heavy atom. The topological polar surface area (TPSA) is 9.23 Å². The molecule has 2 aromatic rings. The van der Waals surface area contributed by atoms with Crippen LogP contribution in [0.1, 0.15) is 36.1 Å². The van der Waals surface area contributed by atoms with Gasteiger partial charge in [0, 0.05) is 0 Å². The standard InChI is InChI=1S/C18H20O/c1-14(13-15-7-3-2-4-8-15)19-18-12-11-16-9-5-6-10-17(16)18/h2-10,14,18H,11-13H2,1H3. The number of fused-ring (bicyclic) bond motifs is 1. The van der Waals surface area contributed by atoms with Gasteiger partial charge in [-0.2, -0.15) is 0 Å². The lowest BCUT2D eigenvalue weighted by Crippen LogP contribution is -2.14. The van der Waals surface area contributed by atoms with Crippen molar-refractivity contribution in [1.29, 1.82) is 0 Å². The zero-order valence-corrected chi connectivity index (χ0v) is 11.4. The van der Waals surface area contributed by atoms with Gasteiger partial charge in [-0.15, -0.1) is 0 Å². The number of aryl methyl sites for hydroxylation is 1. The maximum atomic E-state index is 6.24. The van der Waals surface area contributed by atoms with Crippen LogP contribution in [-0.2, 0) is 17.6 Å². The second kappa shape index (κ2) is 5.58. The molecule has 1 heteroatoms. The van der Waals surface area contributed by atoms with Crippen molar-refractivity contribution in [2.24, 2.45) is 0 Å². The largest absolute Gasteiger partial charge is 0.370 e. The second-order valence-electron chi connectivity index (χ2n) is 5.36. The normalized spacial score (nSPS) is 19.1. The van der Waals surface area contributed by atoms with Crippen molar-refractivity contribution < 1.29 is 4.74 Å². The van der Waals surface area contributed by atoms with Gasteiger partial charge < -0.3 is 4.74 Å². The molecule has 0 radical (unpaired) electrons. The van der Waals surface area contributed by atoms with Crippen molar-refractivity contribution in [3.05, 3.63) is 71.3 Å². The summed E-state index contributed by atoms with van der Waals surface area (Å²) in [6, 6.07) is 19.2. The number of hydrogen-bond acceptors (Lipinski definition) is 1. The first-order chi connectivity index (χ1) is 9.33. The van der Waals surface area contributed by atoms with E-state index < -0.39 is 0 Å². The Morgan fingerprint density at radius 2 is 1.79 bits per heavy atom. The molecule has 1 aliphatic rings. The molecule has 98 valence electrons. The summed E-state index contributed by atoms with van der Waals surface area (Å²) in [5.74, 6) is 0. The van der Waals surface area contributed by atoms with Crippen LogP contribution in [0, 0.1) is 0 Å². The molecule has 0 saturated heterocycles. The van der Waals surface area contributed by atoms with E-state index in [0.29, 0.717) is 0 Å². The quantitative estimate of drug-likeness (QED) is 0.787. The molecule has 0 amide bonds.